The summed E-state index contributed by atoms with van der Waals surface area (Å²) < 4.78 is 5.82. The van der Waals surface area contributed by atoms with E-state index in [0.717, 1.165) is 13.2 Å². The summed E-state index contributed by atoms with van der Waals surface area (Å²) in [7, 11) is 0. The molecule has 1 aromatic carbocycles. The number of hydrogen-bond donors (Lipinski definition) is 0. The summed E-state index contributed by atoms with van der Waals surface area (Å²) in [5.74, 6) is 0. The third kappa shape index (κ3) is 2.02. The van der Waals surface area contributed by atoms with E-state index in [-0.39, 0.29) is 5.41 Å². The Morgan fingerprint density at radius 3 is 1.90 bits per heavy atom. The first kappa shape index (κ1) is 14.1. The van der Waals surface area contributed by atoms with Gasteiger partial charge in [-0.25, -0.2) is 0 Å². The van der Waals surface area contributed by atoms with Gasteiger partial charge in [-0.1, -0.05) is 53.7 Å². The fourth-order valence-corrected chi connectivity index (χ4v) is 3.90. The minimum atomic E-state index is 0.139. The van der Waals surface area contributed by atoms with Crippen LogP contribution in [0.1, 0.15) is 76.6 Å². The molecule has 2 aliphatic rings. The highest BCUT2D eigenvalue weighted by Gasteiger charge is 2.39. The Kier molecular flexibility index (Phi) is 2.90. The average molecular weight is 272 g/mol. The van der Waals surface area contributed by atoms with Crippen molar-refractivity contribution in [2.24, 2.45) is 0 Å². The van der Waals surface area contributed by atoms with Gasteiger partial charge in [0.2, 0.25) is 0 Å². The maximum atomic E-state index is 5.82. The van der Waals surface area contributed by atoms with Crippen LogP contribution in [-0.4, -0.2) is 6.61 Å². The fraction of sp³-hybridized carbons (Fsp3) is 0.684. The molecule has 0 unspecified atom stereocenters. The van der Waals surface area contributed by atoms with E-state index in [1.54, 1.807) is 11.1 Å². The zero-order valence-electron chi connectivity index (χ0n) is 13.9. The summed E-state index contributed by atoms with van der Waals surface area (Å²) in [6, 6.07) is 4.96. The predicted molar refractivity (Wildman–Crippen MR) is 84.4 cm³/mol. The van der Waals surface area contributed by atoms with Gasteiger partial charge in [-0.2, -0.15) is 0 Å². The maximum Gasteiger partial charge on any atom is 0.0720 e. The Bertz CT molecular complexity index is 549. The van der Waals surface area contributed by atoms with E-state index in [4.69, 9.17) is 4.74 Å². The molecule has 0 atom stereocenters. The number of fused-ring (bicyclic) bond motifs is 2. The molecule has 0 bridgehead atoms. The summed E-state index contributed by atoms with van der Waals surface area (Å²) in [6.45, 7) is 15.8. The first-order valence-electron chi connectivity index (χ1n) is 7.90. The number of ether oxygens (including phenoxy) is 1. The molecule has 1 heteroatoms. The zero-order valence-corrected chi connectivity index (χ0v) is 13.9. The zero-order chi connectivity index (χ0) is 14.8. The molecule has 0 spiro atoms. The largest absolute Gasteiger partial charge is 0.376 e. The molecular formula is C19H28O. The summed E-state index contributed by atoms with van der Waals surface area (Å²) in [6.07, 6.45) is 2.55. The van der Waals surface area contributed by atoms with Crippen LogP contribution in [-0.2, 0) is 27.6 Å². The lowest BCUT2D eigenvalue weighted by atomic mass is 9.61. The molecule has 20 heavy (non-hydrogen) atoms. The third-order valence-electron chi connectivity index (χ3n) is 5.53. The van der Waals surface area contributed by atoms with E-state index in [1.807, 2.05) is 0 Å². The van der Waals surface area contributed by atoms with Crippen LogP contribution in [0.5, 0.6) is 0 Å². The average Bonchev–Trinajstić information content (AvgIpc) is 2.34. The summed E-state index contributed by atoms with van der Waals surface area (Å²) >= 11 is 0. The second kappa shape index (κ2) is 4.10. The second-order valence-electron chi connectivity index (χ2n) is 8.70. The topological polar surface area (TPSA) is 9.23 Å². The number of hydrogen-bond acceptors (Lipinski definition) is 1. The molecule has 0 saturated carbocycles. The molecule has 0 aromatic heterocycles. The first-order chi connectivity index (χ1) is 9.13. The normalized spacial score (nSPS) is 25.7. The molecule has 1 aromatic rings. The second-order valence-corrected chi connectivity index (χ2v) is 8.70. The molecule has 0 radical (unpaired) electrons. The van der Waals surface area contributed by atoms with Crippen molar-refractivity contribution in [2.75, 3.05) is 6.61 Å². The molecule has 1 aliphatic carbocycles. The monoisotopic (exact) mass is 272 g/mol. The Labute approximate surface area is 123 Å². The van der Waals surface area contributed by atoms with Gasteiger partial charge in [0.1, 0.15) is 0 Å². The van der Waals surface area contributed by atoms with Crippen molar-refractivity contribution in [3.05, 3.63) is 34.4 Å². The standard InChI is InChI=1S/C19H28O/c1-17(2)7-8-18(3,4)16-10-14-13(9-15(16)17)11-20-12-19(14,5)6/h9-10H,7-8,11-12H2,1-6H3. The lowest BCUT2D eigenvalue weighted by molar-refractivity contribution is 0.0638. The summed E-state index contributed by atoms with van der Waals surface area (Å²) in [5.41, 5.74) is 6.77. The number of rotatable bonds is 0. The van der Waals surface area contributed by atoms with E-state index in [1.165, 1.54) is 24.0 Å². The molecule has 1 nitrogen and oxygen atoms in total. The van der Waals surface area contributed by atoms with Gasteiger partial charge in [0, 0.05) is 5.41 Å². The number of benzene rings is 1. The van der Waals surface area contributed by atoms with E-state index >= 15 is 0 Å². The molecule has 0 fully saturated rings. The van der Waals surface area contributed by atoms with Gasteiger partial charge in [-0.3, -0.25) is 0 Å². The highest BCUT2D eigenvalue weighted by atomic mass is 16.5. The lowest BCUT2D eigenvalue weighted by Gasteiger charge is -2.44. The Hall–Kier alpha value is -0.820. The van der Waals surface area contributed by atoms with Gasteiger partial charge < -0.3 is 4.74 Å². The van der Waals surface area contributed by atoms with Crippen molar-refractivity contribution in [2.45, 2.75) is 77.2 Å². The van der Waals surface area contributed by atoms with Crippen LogP contribution in [0.3, 0.4) is 0 Å². The minimum absolute atomic E-state index is 0.139. The summed E-state index contributed by atoms with van der Waals surface area (Å²) in [5, 5.41) is 0. The van der Waals surface area contributed by atoms with Crippen LogP contribution in [0.2, 0.25) is 0 Å². The van der Waals surface area contributed by atoms with Crippen molar-refractivity contribution in [1.29, 1.82) is 0 Å². The van der Waals surface area contributed by atoms with E-state index < -0.39 is 0 Å². The molecule has 0 amide bonds. The molecule has 1 aliphatic heterocycles. The molecule has 3 rings (SSSR count). The molecular weight excluding hydrogens is 244 g/mol. The van der Waals surface area contributed by atoms with Gasteiger partial charge in [0.15, 0.2) is 0 Å². The highest BCUT2D eigenvalue weighted by Crippen LogP contribution is 2.48. The Balaban J connectivity index is 2.26. The van der Waals surface area contributed by atoms with Crippen LogP contribution in [0.25, 0.3) is 0 Å². The molecule has 0 N–H and O–H groups in total. The van der Waals surface area contributed by atoms with Gasteiger partial charge in [-0.15, -0.1) is 0 Å². The van der Waals surface area contributed by atoms with E-state index in [9.17, 15) is 0 Å². The molecule has 110 valence electrons. The van der Waals surface area contributed by atoms with Gasteiger partial charge in [0.05, 0.1) is 13.2 Å². The Morgan fingerprint density at radius 2 is 1.30 bits per heavy atom. The van der Waals surface area contributed by atoms with Crippen molar-refractivity contribution in [1.82, 2.24) is 0 Å². The Morgan fingerprint density at radius 1 is 0.750 bits per heavy atom. The van der Waals surface area contributed by atoms with Crippen LogP contribution < -0.4 is 0 Å². The van der Waals surface area contributed by atoms with Gasteiger partial charge >= 0.3 is 0 Å². The van der Waals surface area contributed by atoms with E-state index in [2.05, 4.69) is 53.7 Å². The van der Waals surface area contributed by atoms with Crippen molar-refractivity contribution in [3.8, 4) is 0 Å². The highest BCUT2D eigenvalue weighted by molar-refractivity contribution is 5.49. The van der Waals surface area contributed by atoms with Crippen LogP contribution in [0, 0.1) is 0 Å². The minimum Gasteiger partial charge on any atom is -0.376 e. The molecule has 0 saturated heterocycles. The summed E-state index contributed by atoms with van der Waals surface area (Å²) in [4.78, 5) is 0. The van der Waals surface area contributed by atoms with Gasteiger partial charge in [-0.05, 0) is 45.9 Å². The van der Waals surface area contributed by atoms with Gasteiger partial charge in [0.25, 0.3) is 0 Å². The third-order valence-corrected chi connectivity index (χ3v) is 5.53. The predicted octanol–water partition coefficient (Wildman–Crippen LogP) is 4.84. The fourth-order valence-electron chi connectivity index (χ4n) is 3.90. The van der Waals surface area contributed by atoms with Crippen molar-refractivity contribution < 1.29 is 4.74 Å². The maximum absolute atomic E-state index is 5.82. The SMILES string of the molecule is CC1(C)COCc2cc3c(cc21)C(C)(C)CCC3(C)C. The van der Waals surface area contributed by atoms with Crippen molar-refractivity contribution >= 4 is 0 Å². The van der Waals surface area contributed by atoms with Crippen LogP contribution in [0.15, 0.2) is 12.1 Å². The van der Waals surface area contributed by atoms with Crippen molar-refractivity contribution in [3.63, 3.8) is 0 Å². The molecule has 1 heterocycles. The lowest BCUT2D eigenvalue weighted by Crippen LogP contribution is -2.37. The smallest absolute Gasteiger partial charge is 0.0720 e. The quantitative estimate of drug-likeness (QED) is 0.656. The first-order valence-corrected chi connectivity index (χ1v) is 7.90. The van der Waals surface area contributed by atoms with E-state index in [0.29, 0.717) is 10.8 Å². The van der Waals surface area contributed by atoms with Crippen LogP contribution in [0.4, 0.5) is 0 Å². The van der Waals surface area contributed by atoms with Crippen LogP contribution >= 0.6 is 0 Å².